The van der Waals surface area contributed by atoms with E-state index in [-0.39, 0.29) is 23.0 Å². The van der Waals surface area contributed by atoms with Crippen molar-refractivity contribution in [2.75, 3.05) is 0 Å². The Labute approximate surface area is 89.5 Å². The average Bonchev–Trinajstić information content (AvgIpc) is 2.28. The Morgan fingerprint density at radius 2 is 2.00 bits per heavy atom. The van der Waals surface area contributed by atoms with Gasteiger partial charge in [0, 0.05) is 11.1 Å². The summed E-state index contributed by atoms with van der Waals surface area (Å²) in [4.78, 5) is 21.1. The highest BCUT2D eigenvalue weighted by atomic mass is 19.3. The Hall–Kier alpha value is -1.82. The van der Waals surface area contributed by atoms with Gasteiger partial charge in [0.25, 0.3) is 0 Å². The summed E-state index contributed by atoms with van der Waals surface area (Å²) in [6.07, 6.45) is 0.724. The number of rotatable bonds is 5. The number of aliphatic hydroxyl groups is 1. The molecule has 0 bridgehead atoms. The molecular formula is C10H8F2O4. The first-order valence-electron chi connectivity index (χ1n) is 4.25. The van der Waals surface area contributed by atoms with Crippen LogP contribution in [0.2, 0.25) is 0 Å². The van der Waals surface area contributed by atoms with Crippen LogP contribution in [0.15, 0.2) is 12.1 Å². The van der Waals surface area contributed by atoms with Crippen molar-refractivity contribution in [2.24, 2.45) is 0 Å². The highest BCUT2D eigenvalue weighted by molar-refractivity contribution is 5.86. The molecule has 1 N–H and O–H groups in total. The van der Waals surface area contributed by atoms with Gasteiger partial charge in [-0.25, -0.2) is 0 Å². The van der Waals surface area contributed by atoms with Gasteiger partial charge in [0.2, 0.25) is 0 Å². The van der Waals surface area contributed by atoms with Gasteiger partial charge in [-0.05, 0) is 12.1 Å². The molecule has 0 radical (unpaired) electrons. The smallest absolute Gasteiger partial charge is 0.387 e. The van der Waals surface area contributed by atoms with Crippen molar-refractivity contribution in [2.45, 2.75) is 13.2 Å². The Bertz CT molecular complexity index is 404. The highest BCUT2D eigenvalue weighted by Crippen LogP contribution is 2.26. The standard InChI is InChI=1S/C10H8F2O4/c11-10(12)16-9-7(4-14)1-6(3-13)2-8(9)5-15/h1-4,10,15H,5H2. The molecule has 0 aliphatic carbocycles. The van der Waals surface area contributed by atoms with Gasteiger partial charge >= 0.3 is 6.61 Å². The number of benzene rings is 1. The van der Waals surface area contributed by atoms with E-state index in [1.165, 1.54) is 6.07 Å². The van der Waals surface area contributed by atoms with Crippen molar-refractivity contribution < 1.29 is 28.2 Å². The summed E-state index contributed by atoms with van der Waals surface area (Å²) in [5.41, 5.74) is -0.131. The van der Waals surface area contributed by atoms with Gasteiger partial charge in [-0.2, -0.15) is 8.78 Å². The topological polar surface area (TPSA) is 63.6 Å². The number of alkyl halides is 2. The average molecular weight is 230 g/mol. The van der Waals surface area contributed by atoms with Gasteiger partial charge in [-0.15, -0.1) is 0 Å². The lowest BCUT2D eigenvalue weighted by molar-refractivity contribution is -0.0511. The summed E-state index contributed by atoms with van der Waals surface area (Å²) < 4.78 is 28.2. The molecule has 0 unspecified atom stereocenters. The van der Waals surface area contributed by atoms with Crippen molar-refractivity contribution in [3.63, 3.8) is 0 Å². The van der Waals surface area contributed by atoms with Crippen molar-refractivity contribution >= 4 is 12.6 Å². The van der Waals surface area contributed by atoms with Gasteiger partial charge in [0.1, 0.15) is 12.0 Å². The predicted octanol–water partition coefficient (Wildman–Crippen LogP) is 1.41. The second kappa shape index (κ2) is 5.32. The van der Waals surface area contributed by atoms with Crippen molar-refractivity contribution in [1.82, 2.24) is 0 Å². The molecule has 0 aromatic heterocycles. The zero-order chi connectivity index (χ0) is 12.1. The highest BCUT2D eigenvalue weighted by Gasteiger charge is 2.15. The third kappa shape index (κ3) is 2.60. The molecule has 0 atom stereocenters. The molecule has 1 aromatic carbocycles. The molecule has 0 aliphatic rings. The normalized spacial score (nSPS) is 10.2. The van der Waals surface area contributed by atoms with E-state index in [1.807, 2.05) is 0 Å². The molecule has 0 aliphatic heterocycles. The van der Waals surface area contributed by atoms with Crippen LogP contribution in [0.25, 0.3) is 0 Å². The van der Waals surface area contributed by atoms with Gasteiger partial charge in [0.15, 0.2) is 6.29 Å². The molecule has 1 rings (SSSR count). The molecule has 0 spiro atoms. The van der Waals surface area contributed by atoms with Crippen LogP contribution in [0.4, 0.5) is 8.78 Å². The molecule has 16 heavy (non-hydrogen) atoms. The largest absolute Gasteiger partial charge is 0.434 e. The molecule has 0 saturated carbocycles. The van der Waals surface area contributed by atoms with E-state index in [0.29, 0.717) is 6.29 Å². The van der Waals surface area contributed by atoms with Crippen LogP contribution < -0.4 is 4.74 Å². The second-order valence-electron chi connectivity index (χ2n) is 2.87. The maximum atomic E-state index is 12.0. The SMILES string of the molecule is O=Cc1cc(C=O)c(OC(F)F)c(CO)c1. The number of carbonyl (C=O) groups excluding carboxylic acids is 2. The lowest BCUT2D eigenvalue weighted by Crippen LogP contribution is -2.08. The third-order valence-corrected chi connectivity index (χ3v) is 1.86. The van der Waals surface area contributed by atoms with E-state index in [0.717, 1.165) is 6.07 Å². The molecule has 6 heteroatoms. The summed E-state index contributed by atoms with van der Waals surface area (Å²) >= 11 is 0. The van der Waals surface area contributed by atoms with E-state index in [2.05, 4.69) is 4.74 Å². The maximum Gasteiger partial charge on any atom is 0.387 e. The van der Waals surface area contributed by atoms with Crippen LogP contribution in [0.3, 0.4) is 0 Å². The molecule has 0 heterocycles. The molecule has 1 aromatic rings. The Morgan fingerprint density at radius 1 is 1.31 bits per heavy atom. The van der Waals surface area contributed by atoms with Crippen LogP contribution in [-0.2, 0) is 6.61 Å². The summed E-state index contributed by atoms with van der Waals surface area (Å²) in [5, 5.41) is 8.91. The molecule has 86 valence electrons. The Balaban J connectivity index is 3.30. The van der Waals surface area contributed by atoms with Crippen molar-refractivity contribution in [3.8, 4) is 5.75 Å². The second-order valence-corrected chi connectivity index (χ2v) is 2.87. The minimum atomic E-state index is -3.11. The summed E-state index contributed by atoms with van der Waals surface area (Å²) in [6.45, 7) is -3.71. The number of hydrogen-bond acceptors (Lipinski definition) is 4. The first kappa shape index (κ1) is 12.3. The van der Waals surface area contributed by atoms with Gasteiger partial charge in [0.05, 0.1) is 12.2 Å². The van der Waals surface area contributed by atoms with Gasteiger partial charge < -0.3 is 9.84 Å². The lowest BCUT2D eigenvalue weighted by Gasteiger charge is -2.11. The monoisotopic (exact) mass is 230 g/mol. The maximum absolute atomic E-state index is 12.0. The fraction of sp³-hybridized carbons (Fsp3) is 0.200. The lowest BCUT2D eigenvalue weighted by atomic mass is 10.1. The minimum absolute atomic E-state index is 0.0352. The van der Waals surface area contributed by atoms with E-state index >= 15 is 0 Å². The van der Waals surface area contributed by atoms with Crippen molar-refractivity contribution in [3.05, 3.63) is 28.8 Å². The Morgan fingerprint density at radius 3 is 2.44 bits per heavy atom. The summed E-state index contributed by atoms with van der Waals surface area (Å²) in [6, 6.07) is 2.29. The van der Waals surface area contributed by atoms with E-state index < -0.39 is 19.0 Å². The number of carbonyl (C=O) groups is 2. The number of hydrogen-bond donors (Lipinski definition) is 1. The van der Waals surface area contributed by atoms with Gasteiger partial charge in [-0.3, -0.25) is 9.59 Å². The summed E-state index contributed by atoms with van der Waals surface area (Å²) in [5.74, 6) is -0.405. The molecule has 0 amide bonds. The van der Waals surface area contributed by atoms with E-state index in [9.17, 15) is 18.4 Å². The number of aliphatic hydroxyl groups excluding tert-OH is 1. The Kier molecular flexibility index (Phi) is 4.07. The van der Waals surface area contributed by atoms with Crippen LogP contribution in [0.1, 0.15) is 26.3 Å². The molecule has 0 saturated heterocycles. The van der Waals surface area contributed by atoms with Gasteiger partial charge in [-0.1, -0.05) is 0 Å². The molecule has 0 fully saturated rings. The predicted molar refractivity (Wildman–Crippen MR) is 49.8 cm³/mol. The molecule has 4 nitrogen and oxygen atoms in total. The van der Waals surface area contributed by atoms with Crippen LogP contribution in [0.5, 0.6) is 5.75 Å². The number of ether oxygens (including phenoxy) is 1. The van der Waals surface area contributed by atoms with Crippen LogP contribution >= 0.6 is 0 Å². The van der Waals surface area contributed by atoms with Crippen LogP contribution in [-0.4, -0.2) is 24.3 Å². The fourth-order valence-corrected chi connectivity index (χ4v) is 1.24. The fourth-order valence-electron chi connectivity index (χ4n) is 1.24. The molecular weight excluding hydrogens is 222 g/mol. The van der Waals surface area contributed by atoms with E-state index in [1.54, 1.807) is 0 Å². The zero-order valence-corrected chi connectivity index (χ0v) is 8.02. The first-order valence-corrected chi connectivity index (χ1v) is 4.25. The van der Waals surface area contributed by atoms with E-state index in [4.69, 9.17) is 5.11 Å². The quantitative estimate of drug-likeness (QED) is 0.776. The van der Waals surface area contributed by atoms with Crippen LogP contribution in [0, 0.1) is 0 Å². The number of aldehydes is 2. The zero-order valence-electron chi connectivity index (χ0n) is 8.02. The first-order chi connectivity index (χ1) is 7.62. The summed E-state index contributed by atoms with van der Waals surface area (Å²) in [7, 11) is 0. The third-order valence-electron chi connectivity index (χ3n) is 1.86. The van der Waals surface area contributed by atoms with Crippen molar-refractivity contribution in [1.29, 1.82) is 0 Å². The number of halogens is 2. The minimum Gasteiger partial charge on any atom is -0.434 e.